The normalized spacial score (nSPS) is 20.7. The molecule has 1 aliphatic heterocycles. The van der Waals surface area contributed by atoms with E-state index in [0.717, 1.165) is 52.7 Å². The zero-order chi connectivity index (χ0) is 31.3. The number of ether oxygens (including phenoxy) is 2. The zero-order valence-corrected chi connectivity index (χ0v) is 26.1. The van der Waals surface area contributed by atoms with E-state index in [9.17, 15) is 18.4 Å². The Labute approximate surface area is 252 Å². The molecule has 1 saturated heterocycles. The number of nitrogens with zero attached hydrogens (tertiary/aromatic N) is 3. The minimum Gasteiger partial charge on any atom is -0.465 e. The Morgan fingerprint density at radius 2 is 1.77 bits per heavy atom. The fourth-order valence-corrected chi connectivity index (χ4v) is 6.77. The molecule has 1 aliphatic carbocycles. The van der Waals surface area contributed by atoms with Crippen LogP contribution in [0.1, 0.15) is 79.5 Å². The summed E-state index contributed by atoms with van der Waals surface area (Å²) in [5.74, 6) is -0.400. The third kappa shape index (κ3) is 6.05. The zero-order valence-electron chi connectivity index (χ0n) is 26.1. The molecule has 2 aliphatic rings. The van der Waals surface area contributed by atoms with E-state index < -0.39 is 23.7 Å². The van der Waals surface area contributed by atoms with Crippen LogP contribution < -0.4 is 4.90 Å². The van der Waals surface area contributed by atoms with Gasteiger partial charge < -0.3 is 14.4 Å². The van der Waals surface area contributed by atoms with Crippen molar-refractivity contribution in [3.63, 3.8) is 0 Å². The summed E-state index contributed by atoms with van der Waals surface area (Å²) < 4.78 is 39.0. The largest absolute Gasteiger partial charge is 0.465 e. The van der Waals surface area contributed by atoms with Crippen LogP contribution in [0.4, 0.5) is 19.3 Å². The number of carbonyl (C=O) groups excluding carboxylic acids is 2. The first-order valence-electron chi connectivity index (χ1n) is 14.7. The number of benzene rings is 2. The van der Waals surface area contributed by atoms with Crippen molar-refractivity contribution in [2.24, 2.45) is 5.41 Å². The summed E-state index contributed by atoms with van der Waals surface area (Å²) in [6.45, 7) is 8.89. The number of aromatic nitrogens is 1. The monoisotopic (exact) mass is 593 g/mol. The fourth-order valence-electron chi connectivity index (χ4n) is 6.77. The van der Waals surface area contributed by atoms with E-state index in [0.29, 0.717) is 24.9 Å². The van der Waals surface area contributed by atoms with Crippen LogP contribution in [0.15, 0.2) is 54.2 Å². The standard InChI is InChI=1S/C34H41F2N3O4/c1-21-16-27(37(5)6)26(25-12-14-39(29(21)25)32(41)43-33(2,3)4)20-38-15-13-34(17-24(18-34)30(35)36)19-28(38)22-8-10-23(11-9-22)31(40)42-7/h8-12,14,16,28H,13,15,17-20H2,1-7H3/t28-/m0/s1. The number of aryl methyl sites for hydroxylation is 1. The lowest BCUT2D eigenvalue weighted by molar-refractivity contribution is 0.0143. The van der Waals surface area contributed by atoms with Gasteiger partial charge in [0.1, 0.15) is 5.60 Å². The van der Waals surface area contributed by atoms with Crippen LogP contribution in [0.25, 0.3) is 10.9 Å². The molecule has 9 heteroatoms. The van der Waals surface area contributed by atoms with Crippen molar-refractivity contribution in [1.82, 2.24) is 9.47 Å². The van der Waals surface area contributed by atoms with Crippen molar-refractivity contribution in [1.29, 1.82) is 0 Å². The van der Waals surface area contributed by atoms with Gasteiger partial charge in [0.25, 0.3) is 6.08 Å². The van der Waals surface area contributed by atoms with Crippen LogP contribution in [-0.2, 0) is 16.0 Å². The molecule has 3 aromatic rings. The maximum Gasteiger partial charge on any atom is 0.419 e. The first-order chi connectivity index (χ1) is 20.2. The highest BCUT2D eigenvalue weighted by atomic mass is 19.3. The minimum absolute atomic E-state index is 0.0380. The molecule has 0 radical (unpaired) electrons. The molecule has 7 nitrogen and oxygen atoms in total. The van der Waals surface area contributed by atoms with Crippen molar-refractivity contribution < 1.29 is 27.8 Å². The molecule has 1 atom stereocenters. The van der Waals surface area contributed by atoms with E-state index in [-0.39, 0.29) is 17.0 Å². The molecule has 0 bridgehead atoms. The van der Waals surface area contributed by atoms with E-state index >= 15 is 0 Å². The van der Waals surface area contributed by atoms with E-state index in [2.05, 4.69) is 15.9 Å². The van der Waals surface area contributed by atoms with Gasteiger partial charge in [-0.1, -0.05) is 12.1 Å². The van der Waals surface area contributed by atoms with E-state index in [1.54, 1.807) is 22.9 Å². The molecule has 43 heavy (non-hydrogen) atoms. The second kappa shape index (κ2) is 11.4. The second-order valence-corrected chi connectivity index (χ2v) is 13.3. The second-order valence-electron chi connectivity index (χ2n) is 13.3. The van der Waals surface area contributed by atoms with Crippen molar-refractivity contribution in [2.75, 3.05) is 32.6 Å². The number of hydrogen-bond donors (Lipinski definition) is 0. The summed E-state index contributed by atoms with van der Waals surface area (Å²) in [7, 11) is 5.38. The van der Waals surface area contributed by atoms with Gasteiger partial charge in [0.15, 0.2) is 0 Å². The minimum atomic E-state index is -1.54. The average Bonchev–Trinajstić information content (AvgIpc) is 3.38. The molecule has 1 saturated carbocycles. The maximum absolute atomic E-state index is 13.4. The van der Waals surface area contributed by atoms with Gasteiger partial charge in [-0.25, -0.2) is 9.59 Å². The van der Waals surface area contributed by atoms with Gasteiger partial charge in [-0.05, 0) is 112 Å². The predicted molar refractivity (Wildman–Crippen MR) is 164 cm³/mol. The smallest absolute Gasteiger partial charge is 0.419 e. The highest BCUT2D eigenvalue weighted by molar-refractivity contribution is 5.96. The molecule has 0 N–H and O–H groups in total. The highest BCUT2D eigenvalue weighted by Crippen LogP contribution is 2.57. The number of fused-ring (bicyclic) bond motifs is 1. The first-order valence-corrected chi connectivity index (χ1v) is 14.7. The lowest BCUT2D eigenvalue weighted by Crippen LogP contribution is -2.46. The molecule has 2 fully saturated rings. The first kappa shape index (κ1) is 30.7. The number of piperidine rings is 1. The topological polar surface area (TPSA) is 64.0 Å². The van der Waals surface area contributed by atoms with Gasteiger partial charge in [-0.15, -0.1) is 0 Å². The molecular weight excluding hydrogens is 552 g/mol. The number of methoxy groups -OCH3 is 1. The van der Waals surface area contributed by atoms with Gasteiger partial charge in [0, 0.05) is 44.0 Å². The quantitative estimate of drug-likeness (QED) is 0.281. The lowest BCUT2D eigenvalue weighted by atomic mass is 9.58. The molecule has 2 aromatic carbocycles. The molecule has 0 amide bonds. The Balaban J connectivity index is 1.55. The van der Waals surface area contributed by atoms with E-state index in [1.807, 2.05) is 60.0 Å². The third-order valence-corrected chi connectivity index (χ3v) is 8.84. The van der Waals surface area contributed by atoms with Crippen LogP contribution >= 0.6 is 0 Å². The Kier molecular flexibility index (Phi) is 8.15. The van der Waals surface area contributed by atoms with Gasteiger partial charge in [0.05, 0.1) is 18.2 Å². The van der Waals surface area contributed by atoms with Gasteiger partial charge in [-0.2, -0.15) is 8.78 Å². The lowest BCUT2D eigenvalue weighted by Gasteiger charge is -2.52. The van der Waals surface area contributed by atoms with E-state index in [1.165, 1.54) is 7.11 Å². The SMILES string of the molecule is COC(=O)c1ccc([C@@H]2CC3(CCN2Cc2c(N(C)C)cc(C)c4c2ccn4C(=O)OC(C)(C)C)CC(=C(F)F)C3)cc1. The molecule has 2 heterocycles. The third-order valence-electron chi connectivity index (χ3n) is 8.84. The summed E-state index contributed by atoms with van der Waals surface area (Å²) in [6.07, 6.45) is 2.23. The van der Waals surface area contributed by atoms with Crippen LogP contribution in [0.2, 0.25) is 0 Å². The van der Waals surface area contributed by atoms with Crippen molar-refractivity contribution in [3.8, 4) is 0 Å². The molecule has 1 aromatic heterocycles. The van der Waals surface area contributed by atoms with Crippen LogP contribution in [0.3, 0.4) is 0 Å². The van der Waals surface area contributed by atoms with Crippen LogP contribution in [0.5, 0.6) is 0 Å². The number of anilines is 1. The summed E-state index contributed by atoms with van der Waals surface area (Å²) in [5, 5.41) is 0.975. The predicted octanol–water partition coefficient (Wildman–Crippen LogP) is 7.85. The summed E-state index contributed by atoms with van der Waals surface area (Å²) >= 11 is 0. The number of allylic oxidation sites excluding steroid dienone is 1. The van der Waals surface area contributed by atoms with E-state index in [4.69, 9.17) is 9.47 Å². The highest BCUT2D eigenvalue weighted by Gasteiger charge is 2.48. The van der Waals surface area contributed by atoms with Crippen molar-refractivity contribution >= 4 is 28.7 Å². The molecular formula is C34H41F2N3O4. The Morgan fingerprint density at radius 3 is 2.35 bits per heavy atom. The summed E-state index contributed by atoms with van der Waals surface area (Å²) in [5.41, 5.74) is 4.91. The average molecular weight is 594 g/mol. The van der Waals surface area contributed by atoms with Crippen LogP contribution in [0, 0.1) is 12.3 Å². The number of rotatable bonds is 5. The van der Waals surface area contributed by atoms with Crippen molar-refractivity contribution in [3.05, 3.63) is 76.5 Å². The number of likely N-dealkylation sites (tertiary alicyclic amines) is 1. The Hall–Kier alpha value is -3.72. The van der Waals surface area contributed by atoms with Gasteiger partial charge >= 0.3 is 12.1 Å². The molecule has 230 valence electrons. The number of halogens is 2. The van der Waals surface area contributed by atoms with Crippen molar-refractivity contribution in [2.45, 2.75) is 71.6 Å². The number of carbonyl (C=O) groups is 2. The summed E-state index contributed by atoms with van der Waals surface area (Å²) in [6, 6.07) is 11.5. The molecule has 5 rings (SSSR count). The fraction of sp³-hybridized carbons (Fsp3) is 0.471. The molecule has 0 unspecified atom stereocenters. The number of esters is 1. The molecule has 1 spiro atoms. The van der Waals surface area contributed by atoms with Gasteiger partial charge in [-0.3, -0.25) is 9.47 Å². The Morgan fingerprint density at radius 1 is 1.09 bits per heavy atom. The summed E-state index contributed by atoms with van der Waals surface area (Å²) in [4.78, 5) is 29.8. The van der Waals surface area contributed by atoms with Crippen LogP contribution in [-0.4, -0.2) is 54.9 Å². The number of hydrogen-bond acceptors (Lipinski definition) is 6. The maximum atomic E-state index is 13.4. The Bertz CT molecular complexity index is 1570. The van der Waals surface area contributed by atoms with Gasteiger partial charge in [0.2, 0.25) is 0 Å².